The van der Waals surface area contributed by atoms with Gasteiger partial charge in [-0.15, -0.1) is 0 Å². The standard InChI is InChI=1S/C21H22N2O3/c1-15-5-4-6-16(13-15)22-20(25)23-11-9-21(10-12-23)14-18(24)17-7-2-3-8-19(17)26-21/h2-8,13H,9-12,14H2,1H3,(H,22,25). The molecule has 2 heterocycles. The highest BCUT2D eigenvalue weighted by molar-refractivity contribution is 6.00. The third-order valence-corrected chi connectivity index (χ3v) is 5.23. The minimum absolute atomic E-state index is 0.104. The molecule has 2 aromatic rings. The molecule has 0 atom stereocenters. The highest BCUT2D eigenvalue weighted by atomic mass is 16.5. The van der Waals surface area contributed by atoms with Gasteiger partial charge >= 0.3 is 6.03 Å². The molecule has 1 N–H and O–H groups in total. The Kier molecular flexibility index (Phi) is 4.15. The molecule has 5 heteroatoms. The summed E-state index contributed by atoms with van der Waals surface area (Å²) in [6, 6.07) is 15.1. The molecular weight excluding hydrogens is 328 g/mol. The topological polar surface area (TPSA) is 58.6 Å². The number of nitrogens with one attached hydrogen (secondary N) is 1. The van der Waals surface area contributed by atoms with Crippen molar-refractivity contribution in [2.75, 3.05) is 18.4 Å². The molecule has 5 nitrogen and oxygen atoms in total. The van der Waals surface area contributed by atoms with Gasteiger partial charge in [0, 0.05) is 31.6 Å². The Morgan fingerprint density at radius 1 is 1.12 bits per heavy atom. The second-order valence-corrected chi connectivity index (χ2v) is 7.17. The minimum Gasteiger partial charge on any atom is -0.486 e. The van der Waals surface area contributed by atoms with E-state index in [4.69, 9.17) is 4.74 Å². The SMILES string of the molecule is Cc1cccc(NC(=O)N2CCC3(CC2)CC(=O)c2ccccc2O3)c1. The van der Waals surface area contributed by atoms with Crippen molar-refractivity contribution in [1.82, 2.24) is 4.90 Å². The van der Waals surface area contributed by atoms with E-state index in [-0.39, 0.29) is 11.8 Å². The predicted molar refractivity (Wildman–Crippen MR) is 99.8 cm³/mol. The summed E-state index contributed by atoms with van der Waals surface area (Å²) >= 11 is 0. The van der Waals surface area contributed by atoms with Gasteiger partial charge < -0.3 is 15.0 Å². The van der Waals surface area contributed by atoms with Crippen LogP contribution in [0.3, 0.4) is 0 Å². The average molecular weight is 350 g/mol. The number of piperidine rings is 1. The van der Waals surface area contributed by atoms with Crippen LogP contribution in [0, 0.1) is 6.92 Å². The summed E-state index contributed by atoms with van der Waals surface area (Å²) in [5.74, 6) is 0.797. The number of amides is 2. The Morgan fingerprint density at radius 3 is 2.65 bits per heavy atom. The fourth-order valence-corrected chi connectivity index (χ4v) is 3.76. The number of fused-ring (bicyclic) bond motifs is 1. The van der Waals surface area contributed by atoms with Crippen molar-refractivity contribution in [2.45, 2.75) is 31.8 Å². The number of benzene rings is 2. The minimum atomic E-state index is -0.481. The van der Waals surface area contributed by atoms with Gasteiger partial charge in [-0.25, -0.2) is 4.79 Å². The largest absolute Gasteiger partial charge is 0.486 e. The number of likely N-dealkylation sites (tertiary alicyclic amines) is 1. The number of carbonyl (C=O) groups is 2. The monoisotopic (exact) mass is 350 g/mol. The molecule has 2 amide bonds. The van der Waals surface area contributed by atoms with Crippen molar-refractivity contribution in [3.8, 4) is 5.75 Å². The molecule has 0 radical (unpaired) electrons. The summed E-state index contributed by atoms with van der Waals surface area (Å²) < 4.78 is 6.21. The Morgan fingerprint density at radius 2 is 1.88 bits per heavy atom. The summed E-state index contributed by atoms with van der Waals surface area (Å²) in [4.78, 5) is 26.8. The van der Waals surface area contributed by atoms with Gasteiger partial charge in [-0.05, 0) is 36.8 Å². The second-order valence-electron chi connectivity index (χ2n) is 7.17. The normalized spacial score (nSPS) is 18.2. The lowest BCUT2D eigenvalue weighted by Crippen LogP contribution is -2.53. The van der Waals surface area contributed by atoms with E-state index in [0.29, 0.717) is 43.7 Å². The van der Waals surface area contributed by atoms with Crippen LogP contribution in [0.5, 0.6) is 5.75 Å². The maximum atomic E-state index is 12.5. The van der Waals surface area contributed by atoms with E-state index in [1.807, 2.05) is 55.5 Å². The van der Waals surface area contributed by atoms with Gasteiger partial charge in [0.25, 0.3) is 0 Å². The lowest BCUT2D eigenvalue weighted by Gasteiger charge is -2.43. The number of anilines is 1. The Labute approximate surface area is 153 Å². The second kappa shape index (κ2) is 6.48. The Bertz CT molecular complexity index is 854. The van der Waals surface area contributed by atoms with E-state index >= 15 is 0 Å². The van der Waals surface area contributed by atoms with Gasteiger partial charge in [-0.2, -0.15) is 0 Å². The van der Waals surface area contributed by atoms with Gasteiger partial charge in [-0.1, -0.05) is 24.3 Å². The van der Waals surface area contributed by atoms with Gasteiger partial charge in [-0.3, -0.25) is 4.79 Å². The highest BCUT2D eigenvalue weighted by Crippen LogP contribution is 2.39. The molecular formula is C21H22N2O3. The van der Waals surface area contributed by atoms with Crippen molar-refractivity contribution in [3.63, 3.8) is 0 Å². The molecule has 1 fully saturated rings. The van der Waals surface area contributed by atoms with Crippen LogP contribution in [0.2, 0.25) is 0 Å². The van der Waals surface area contributed by atoms with Crippen molar-refractivity contribution in [1.29, 1.82) is 0 Å². The molecule has 0 bridgehead atoms. The average Bonchev–Trinajstić information content (AvgIpc) is 2.62. The van der Waals surface area contributed by atoms with E-state index in [2.05, 4.69) is 5.32 Å². The zero-order chi connectivity index (χ0) is 18.1. The van der Waals surface area contributed by atoms with Crippen molar-refractivity contribution >= 4 is 17.5 Å². The molecule has 2 aliphatic rings. The van der Waals surface area contributed by atoms with E-state index in [1.54, 1.807) is 4.90 Å². The molecule has 134 valence electrons. The van der Waals surface area contributed by atoms with Gasteiger partial charge in [0.05, 0.1) is 12.0 Å². The van der Waals surface area contributed by atoms with E-state index in [0.717, 1.165) is 11.3 Å². The Hall–Kier alpha value is -2.82. The first-order valence-corrected chi connectivity index (χ1v) is 8.99. The van der Waals surface area contributed by atoms with Gasteiger partial charge in [0.2, 0.25) is 0 Å². The van der Waals surface area contributed by atoms with Crippen molar-refractivity contribution in [2.24, 2.45) is 0 Å². The quantitative estimate of drug-likeness (QED) is 0.845. The van der Waals surface area contributed by atoms with Crippen LogP contribution < -0.4 is 10.1 Å². The number of carbonyl (C=O) groups excluding carboxylic acids is 2. The fraction of sp³-hybridized carbons (Fsp3) is 0.333. The molecule has 4 rings (SSSR count). The molecule has 0 aromatic heterocycles. The number of para-hydroxylation sites is 1. The van der Waals surface area contributed by atoms with Crippen molar-refractivity contribution < 1.29 is 14.3 Å². The third-order valence-electron chi connectivity index (χ3n) is 5.23. The molecule has 26 heavy (non-hydrogen) atoms. The highest BCUT2D eigenvalue weighted by Gasteiger charge is 2.43. The Balaban J connectivity index is 1.41. The summed E-state index contributed by atoms with van der Waals surface area (Å²) in [5, 5.41) is 2.95. The number of nitrogens with zero attached hydrogens (tertiary/aromatic N) is 1. The third kappa shape index (κ3) is 3.17. The summed E-state index contributed by atoms with van der Waals surface area (Å²) in [5.41, 5.74) is 2.09. The number of hydrogen-bond acceptors (Lipinski definition) is 3. The number of Topliss-reactive ketones (excluding diaryl/α,β-unsaturated/α-hetero) is 1. The molecule has 2 aliphatic heterocycles. The predicted octanol–water partition coefficient (Wildman–Crippen LogP) is 4.03. The van der Waals surface area contributed by atoms with Crippen LogP contribution in [-0.4, -0.2) is 35.4 Å². The lowest BCUT2D eigenvalue weighted by atomic mass is 9.82. The summed E-state index contributed by atoms with van der Waals surface area (Å²) in [6.45, 7) is 3.15. The van der Waals surface area contributed by atoms with Crippen LogP contribution in [0.1, 0.15) is 35.2 Å². The number of aryl methyl sites for hydroxylation is 1. The van der Waals surface area contributed by atoms with Crippen LogP contribution in [0.15, 0.2) is 48.5 Å². The van der Waals surface area contributed by atoms with Crippen LogP contribution in [0.25, 0.3) is 0 Å². The molecule has 1 saturated heterocycles. The lowest BCUT2D eigenvalue weighted by molar-refractivity contribution is 0.000391. The molecule has 0 aliphatic carbocycles. The number of ketones is 1. The zero-order valence-electron chi connectivity index (χ0n) is 14.8. The van der Waals surface area contributed by atoms with Gasteiger partial charge in [0.15, 0.2) is 5.78 Å². The number of hydrogen-bond donors (Lipinski definition) is 1. The van der Waals surface area contributed by atoms with Crippen LogP contribution in [0.4, 0.5) is 10.5 Å². The first-order valence-electron chi connectivity index (χ1n) is 8.99. The van der Waals surface area contributed by atoms with Crippen LogP contribution in [-0.2, 0) is 0 Å². The fourth-order valence-electron chi connectivity index (χ4n) is 3.76. The van der Waals surface area contributed by atoms with Gasteiger partial charge in [0.1, 0.15) is 11.4 Å². The molecule has 1 spiro atoms. The number of ether oxygens (including phenoxy) is 1. The smallest absolute Gasteiger partial charge is 0.321 e. The molecule has 0 saturated carbocycles. The van der Waals surface area contributed by atoms with E-state index in [9.17, 15) is 9.59 Å². The first kappa shape index (κ1) is 16.6. The van der Waals surface area contributed by atoms with Crippen LogP contribution >= 0.6 is 0 Å². The van der Waals surface area contributed by atoms with Crippen molar-refractivity contribution in [3.05, 3.63) is 59.7 Å². The molecule has 0 unspecified atom stereocenters. The maximum absolute atomic E-state index is 12.5. The summed E-state index contributed by atoms with van der Waals surface area (Å²) in [7, 11) is 0. The maximum Gasteiger partial charge on any atom is 0.321 e. The summed E-state index contributed by atoms with van der Waals surface area (Å²) in [6.07, 6.45) is 1.71. The zero-order valence-corrected chi connectivity index (χ0v) is 14.8. The van der Waals surface area contributed by atoms with E-state index < -0.39 is 5.60 Å². The number of rotatable bonds is 1. The molecule has 2 aromatic carbocycles. The number of urea groups is 1. The van der Waals surface area contributed by atoms with E-state index in [1.165, 1.54) is 0 Å². The first-order chi connectivity index (χ1) is 12.5.